The van der Waals surface area contributed by atoms with E-state index < -0.39 is 11.4 Å². The zero-order chi connectivity index (χ0) is 24.2. The lowest BCUT2D eigenvalue weighted by atomic mass is 9.33. The normalized spacial score (nSPS) is 55.3. The number of aliphatic hydroxyl groups is 1. The molecule has 0 aliphatic heterocycles. The zero-order valence-electron chi connectivity index (χ0n) is 22.3. The SMILES string of the molecule is CC1(C)[C@H](O)CC[C@]2(C)[C@H]3CC=C4[C@@H]5C[C@](C)(C(=O)O)CC[C@]5(C)CC[C@@]4(C)[C@]3(C)CC[C@@H]12. The maximum Gasteiger partial charge on any atom is 0.309 e. The van der Waals surface area contributed by atoms with Crippen molar-refractivity contribution in [1.29, 1.82) is 0 Å². The van der Waals surface area contributed by atoms with Crippen LogP contribution in [0.4, 0.5) is 0 Å². The second kappa shape index (κ2) is 6.89. The number of fused-ring (bicyclic) bond motifs is 7. The van der Waals surface area contributed by atoms with Gasteiger partial charge in [-0.15, -0.1) is 0 Å². The van der Waals surface area contributed by atoms with Crippen molar-refractivity contribution in [1.82, 2.24) is 0 Å². The van der Waals surface area contributed by atoms with E-state index in [0.717, 1.165) is 38.5 Å². The summed E-state index contributed by atoms with van der Waals surface area (Å²) in [5, 5.41) is 20.9. The molecule has 3 nitrogen and oxygen atoms in total. The average Bonchev–Trinajstić information content (AvgIpc) is 2.73. The van der Waals surface area contributed by atoms with Crippen LogP contribution in [0.15, 0.2) is 11.6 Å². The molecule has 0 spiro atoms. The van der Waals surface area contributed by atoms with Gasteiger partial charge < -0.3 is 10.2 Å². The van der Waals surface area contributed by atoms with E-state index in [2.05, 4.69) is 47.6 Å². The number of hydrogen-bond acceptors (Lipinski definition) is 2. The third-order valence-electron chi connectivity index (χ3n) is 13.3. The first kappa shape index (κ1) is 23.9. The minimum Gasteiger partial charge on any atom is -0.481 e. The summed E-state index contributed by atoms with van der Waals surface area (Å²) in [5.74, 6) is 1.01. The summed E-state index contributed by atoms with van der Waals surface area (Å²) in [6.07, 6.45) is 13.2. The Labute approximate surface area is 201 Å². The van der Waals surface area contributed by atoms with Crippen LogP contribution in [0.25, 0.3) is 0 Å². The molecular weight excluding hydrogens is 408 g/mol. The van der Waals surface area contributed by atoms with Crippen LogP contribution >= 0.6 is 0 Å². The number of carbonyl (C=O) groups is 1. The van der Waals surface area contributed by atoms with Crippen molar-refractivity contribution in [3.8, 4) is 0 Å². The average molecular weight is 457 g/mol. The first-order valence-corrected chi connectivity index (χ1v) is 13.8. The fourth-order valence-corrected chi connectivity index (χ4v) is 10.5. The predicted octanol–water partition coefficient (Wildman–Crippen LogP) is 7.23. The minimum absolute atomic E-state index is 0.0168. The Morgan fingerprint density at radius 3 is 2.21 bits per heavy atom. The lowest BCUT2D eigenvalue weighted by molar-refractivity contribution is -0.203. The Bertz CT molecular complexity index is 889. The van der Waals surface area contributed by atoms with Crippen LogP contribution < -0.4 is 0 Å². The molecule has 0 aromatic heterocycles. The maximum absolute atomic E-state index is 12.2. The Morgan fingerprint density at radius 2 is 1.55 bits per heavy atom. The highest BCUT2D eigenvalue weighted by molar-refractivity contribution is 5.74. The first-order valence-electron chi connectivity index (χ1n) is 13.8. The summed E-state index contributed by atoms with van der Waals surface area (Å²) < 4.78 is 0. The molecule has 0 aromatic carbocycles. The highest BCUT2D eigenvalue weighted by Crippen LogP contribution is 2.75. The van der Waals surface area contributed by atoms with Crippen molar-refractivity contribution >= 4 is 5.97 Å². The molecule has 5 rings (SSSR count). The Hall–Kier alpha value is -0.830. The Balaban J connectivity index is 1.57. The van der Waals surface area contributed by atoms with Gasteiger partial charge >= 0.3 is 5.97 Å². The van der Waals surface area contributed by atoms with Crippen LogP contribution in [0.1, 0.15) is 113 Å². The highest BCUT2D eigenvalue weighted by atomic mass is 16.4. The molecule has 0 aromatic rings. The molecule has 3 heteroatoms. The van der Waals surface area contributed by atoms with Crippen LogP contribution in [0.3, 0.4) is 0 Å². The molecule has 5 aliphatic carbocycles. The second-order valence-corrected chi connectivity index (χ2v) is 14.9. The van der Waals surface area contributed by atoms with Gasteiger partial charge in [0.1, 0.15) is 0 Å². The smallest absolute Gasteiger partial charge is 0.309 e. The van der Waals surface area contributed by atoms with Gasteiger partial charge in [-0.05, 0) is 116 Å². The molecule has 0 saturated heterocycles. The van der Waals surface area contributed by atoms with Gasteiger partial charge in [0.05, 0.1) is 11.5 Å². The van der Waals surface area contributed by atoms with E-state index in [1.54, 1.807) is 5.57 Å². The molecule has 9 atom stereocenters. The lowest BCUT2D eigenvalue weighted by Gasteiger charge is -2.71. The highest BCUT2D eigenvalue weighted by Gasteiger charge is 2.68. The molecule has 0 unspecified atom stereocenters. The number of rotatable bonds is 1. The van der Waals surface area contributed by atoms with Crippen molar-refractivity contribution in [2.45, 2.75) is 119 Å². The summed E-state index contributed by atoms with van der Waals surface area (Å²) in [7, 11) is 0. The van der Waals surface area contributed by atoms with Gasteiger partial charge in [-0.25, -0.2) is 0 Å². The number of carboxylic acid groups (broad SMARTS) is 1. The van der Waals surface area contributed by atoms with Crippen molar-refractivity contribution in [3.05, 3.63) is 11.6 Å². The summed E-state index contributed by atoms with van der Waals surface area (Å²) >= 11 is 0. The Morgan fingerprint density at radius 1 is 0.879 bits per heavy atom. The maximum atomic E-state index is 12.2. The molecule has 4 saturated carbocycles. The van der Waals surface area contributed by atoms with E-state index >= 15 is 0 Å². The summed E-state index contributed by atoms with van der Waals surface area (Å²) in [6.45, 7) is 16.8. The summed E-state index contributed by atoms with van der Waals surface area (Å²) in [4.78, 5) is 12.2. The number of hydrogen-bond donors (Lipinski definition) is 2. The standard InChI is InChI=1S/C30H48O3/c1-25(2)21-10-13-30(7)22(28(21,5)12-11-23(25)31)9-8-19-20-18-27(4,24(32)33)15-14-26(20,3)16-17-29(19,30)6/h8,20-23,31H,9-18H2,1-7H3,(H,32,33)/t20-,21-,22+,23+,26+,27+,28-,29+,30+/m0/s1. The lowest BCUT2D eigenvalue weighted by Crippen LogP contribution is -2.64. The van der Waals surface area contributed by atoms with Crippen molar-refractivity contribution in [2.75, 3.05) is 0 Å². The van der Waals surface area contributed by atoms with E-state index in [0.29, 0.717) is 17.8 Å². The molecule has 186 valence electrons. The predicted molar refractivity (Wildman–Crippen MR) is 133 cm³/mol. The molecule has 0 radical (unpaired) electrons. The molecular formula is C30H48O3. The van der Waals surface area contributed by atoms with Crippen molar-refractivity contribution in [3.63, 3.8) is 0 Å². The van der Waals surface area contributed by atoms with Gasteiger partial charge in [-0.2, -0.15) is 0 Å². The Kier molecular flexibility index (Phi) is 4.99. The fraction of sp³-hybridized carbons (Fsp3) is 0.900. The van der Waals surface area contributed by atoms with E-state index in [1.807, 2.05) is 6.92 Å². The van der Waals surface area contributed by atoms with Crippen molar-refractivity contribution in [2.24, 2.45) is 50.2 Å². The monoisotopic (exact) mass is 456 g/mol. The van der Waals surface area contributed by atoms with Crippen LogP contribution in [-0.2, 0) is 4.79 Å². The zero-order valence-corrected chi connectivity index (χ0v) is 22.3. The fourth-order valence-electron chi connectivity index (χ4n) is 10.5. The van der Waals surface area contributed by atoms with E-state index in [9.17, 15) is 15.0 Å². The van der Waals surface area contributed by atoms with Gasteiger partial charge in [0, 0.05) is 0 Å². The van der Waals surface area contributed by atoms with E-state index in [1.165, 1.54) is 25.7 Å². The number of aliphatic carboxylic acids is 1. The third kappa shape index (κ3) is 2.87. The number of carboxylic acids is 1. The molecule has 0 amide bonds. The van der Waals surface area contributed by atoms with Crippen LogP contribution in [-0.4, -0.2) is 22.3 Å². The largest absolute Gasteiger partial charge is 0.481 e. The molecule has 4 fully saturated rings. The summed E-state index contributed by atoms with van der Waals surface area (Å²) in [5.41, 5.74) is 1.94. The third-order valence-corrected chi connectivity index (χ3v) is 13.3. The molecule has 0 heterocycles. The first-order chi connectivity index (χ1) is 15.1. The van der Waals surface area contributed by atoms with Gasteiger partial charge in [0.2, 0.25) is 0 Å². The topological polar surface area (TPSA) is 57.5 Å². The number of aliphatic hydroxyl groups excluding tert-OH is 1. The van der Waals surface area contributed by atoms with Gasteiger partial charge in [0.15, 0.2) is 0 Å². The molecule has 33 heavy (non-hydrogen) atoms. The van der Waals surface area contributed by atoms with Crippen LogP contribution in [0.5, 0.6) is 0 Å². The van der Waals surface area contributed by atoms with E-state index in [-0.39, 0.29) is 33.2 Å². The van der Waals surface area contributed by atoms with Gasteiger partial charge in [-0.1, -0.05) is 53.2 Å². The van der Waals surface area contributed by atoms with Gasteiger partial charge in [0.25, 0.3) is 0 Å². The van der Waals surface area contributed by atoms with Crippen LogP contribution in [0, 0.1) is 50.2 Å². The molecule has 5 aliphatic rings. The number of allylic oxidation sites excluding steroid dienone is 2. The quantitative estimate of drug-likeness (QED) is 0.409. The van der Waals surface area contributed by atoms with E-state index in [4.69, 9.17) is 0 Å². The van der Waals surface area contributed by atoms with Crippen molar-refractivity contribution < 1.29 is 15.0 Å². The van der Waals surface area contributed by atoms with Gasteiger partial charge in [-0.3, -0.25) is 4.79 Å². The second-order valence-electron chi connectivity index (χ2n) is 14.9. The molecule has 2 N–H and O–H groups in total. The molecule has 0 bridgehead atoms. The minimum atomic E-state index is -0.603. The summed E-state index contributed by atoms with van der Waals surface area (Å²) in [6, 6.07) is 0. The van der Waals surface area contributed by atoms with Crippen LogP contribution in [0.2, 0.25) is 0 Å².